The Labute approximate surface area is 191 Å². The number of carbonyl (C=O) groups excluding carboxylic acids is 2. The number of aromatic nitrogens is 1. The summed E-state index contributed by atoms with van der Waals surface area (Å²) in [6.07, 6.45) is 0. The Balaban J connectivity index is 1.61. The van der Waals surface area contributed by atoms with Crippen LogP contribution in [-0.4, -0.2) is 21.9 Å². The molecule has 5 nitrogen and oxygen atoms in total. The van der Waals surface area contributed by atoms with Crippen molar-refractivity contribution in [2.75, 3.05) is 4.90 Å². The van der Waals surface area contributed by atoms with E-state index < -0.39 is 5.54 Å². The van der Waals surface area contributed by atoms with Gasteiger partial charge in [0, 0.05) is 17.6 Å². The van der Waals surface area contributed by atoms with Gasteiger partial charge >= 0.3 is 0 Å². The predicted molar refractivity (Wildman–Crippen MR) is 129 cm³/mol. The summed E-state index contributed by atoms with van der Waals surface area (Å²) in [6, 6.07) is 19.7. The van der Waals surface area contributed by atoms with Gasteiger partial charge in [-0.25, -0.2) is 0 Å². The van der Waals surface area contributed by atoms with Crippen LogP contribution in [0.1, 0.15) is 34.1 Å². The van der Waals surface area contributed by atoms with E-state index in [4.69, 9.17) is 0 Å². The highest BCUT2D eigenvalue weighted by Gasteiger charge is 2.49. The maximum atomic E-state index is 13.9. The monoisotopic (exact) mass is 443 g/mol. The summed E-state index contributed by atoms with van der Waals surface area (Å²) in [4.78, 5) is 30.3. The molecule has 0 fully saturated rings. The summed E-state index contributed by atoms with van der Waals surface area (Å²) < 4.78 is 2.01. The smallest absolute Gasteiger partial charge is 0.275 e. The number of carbonyl (C=O) groups is 2. The Kier molecular flexibility index (Phi) is 4.90. The van der Waals surface area contributed by atoms with Crippen LogP contribution in [0.4, 0.5) is 5.69 Å². The highest BCUT2D eigenvalue weighted by molar-refractivity contribution is 7.16. The summed E-state index contributed by atoms with van der Waals surface area (Å²) in [6.45, 7) is 6.71. The number of nitrogens with zero attached hydrogens (tertiary/aromatic N) is 2. The van der Waals surface area contributed by atoms with E-state index in [1.54, 1.807) is 16.2 Å². The van der Waals surface area contributed by atoms with E-state index in [0.29, 0.717) is 18.8 Å². The van der Waals surface area contributed by atoms with Crippen LogP contribution in [0.25, 0.3) is 10.2 Å². The first-order chi connectivity index (χ1) is 15.4. The number of aryl methyl sites for hydroxylation is 1. The van der Waals surface area contributed by atoms with Gasteiger partial charge in [0.2, 0.25) is 5.91 Å². The molecule has 2 amide bonds. The first-order valence-corrected chi connectivity index (χ1v) is 11.6. The molecule has 1 unspecified atom stereocenters. The molecule has 1 aliphatic rings. The van der Waals surface area contributed by atoms with Gasteiger partial charge in [0.15, 0.2) is 0 Å². The Morgan fingerprint density at radius 3 is 2.66 bits per heavy atom. The third-order valence-electron chi connectivity index (χ3n) is 6.49. The molecule has 0 saturated carbocycles. The van der Waals surface area contributed by atoms with Gasteiger partial charge in [0.05, 0.1) is 6.54 Å². The number of amides is 2. The zero-order valence-corrected chi connectivity index (χ0v) is 19.2. The number of rotatable bonds is 4. The average molecular weight is 444 g/mol. The van der Waals surface area contributed by atoms with Gasteiger partial charge in [-0.05, 0) is 61.0 Å². The fraction of sp³-hybridized carbons (Fsp3) is 0.231. The molecule has 5 rings (SSSR count). The maximum Gasteiger partial charge on any atom is 0.275 e. The normalized spacial score (nSPS) is 18.1. The van der Waals surface area contributed by atoms with Crippen molar-refractivity contribution in [3.05, 3.63) is 88.4 Å². The second kappa shape index (κ2) is 7.64. The van der Waals surface area contributed by atoms with Crippen molar-refractivity contribution in [1.82, 2.24) is 9.88 Å². The minimum atomic E-state index is -1.08. The van der Waals surface area contributed by atoms with Crippen molar-refractivity contribution in [2.24, 2.45) is 0 Å². The lowest BCUT2D eigenvalue weighted by Gasteiger charge is -2.44. The van der Waals surface area contributed by atoms with E-state index in [1.165, 1.54) is 0 Å². The minimum Gasteiger partial charge on any atom is -0.350 e. The Hall–Kier alpha value is -3.38. The van der Waals surface area contributed by atoms with E-state index in [2.05, 4.69) is 5.32 Å². The van der Waals surface area contributed by atoms with Gasteiger partial charge in [0.25, 0.3) is 5.91 Å². The van der Waals surface area contributed by atoms with Crippen LogP contribution < -0.4 is 10.2 Å². The standard InChI is InChI=1S/C26H25N3O2S/c1-17-8-7-11-21(18(17)2)29-23(30)22-14-20-12-13-32-24(20)28(22)16-26(29,3)25(31)27-15-19-9-5-4-6-10-19/h4-14H,15-16H2,1-3H3,(H,27,31). The summed E-state index contributed by atoms with van der Waals surface area (Å²) in [7, 11) is 0. The second-order valence-corrected chi connectivity index (χ2v) is 9.49. The maximum absolute atomic E-state index is 13.9. The number of nitrogens with one attached hydrogen (secondary N) is 1. The number of fused-ring (bicyclic) bond motifs is 3. The molecule has 0 saturated heterocycles. The van der Waals surface area contributed by atoms with Crippen LogP contribution in [0.5, 0.6) is 0 Å². The Bertz CT molecular complexity index is 1340. The lowest BCUT2D eigenvalue weighted by Crippen LogP contribution is -2.64. The fourth-order valence-electron chi connectivity index (χ4n) is 4.52. The summed E-state index contributed by atoms with van der Waals surface area (Å²) in [5, 5.41) is 6.14. The van der Waals surface area contributed by atoms with Crippen molar-refractivity contribution in [1.29, 1.82) is 0 Å². The molecule has 3 heterocycles. The first-order valence-electron chi connectivity index (χ1n) is 10.7. The van der Waals surface area contributed by atoms with Gasteiger partial charge in [-0.1, -0.05) is 42.5 Å². The van der Waals surface area contributed by atoms with Crippen molar-refractivity contribution < 1.29 is 9.59 Å². The quantitative estimate of drug-likeness (QED) is 0.480. The van der Waals surface area contributed by atoms with Crippen LogP contribution in [-0.2, 0) is 17.9 Å². The van der Waals surface area contributed by atoms with Gasteiger partial charge in [-0.15, -0.1) is 11.3 Å². The molecule has 0 radical (unpaired) electrons. The first kappa shape index (κ1) is 20.5. The zero-order chi connectivity index (χ0) is 22.5. The molecule has 4 aromatic rings. The molecule has 0 bridgehead atoms. The fourth-order valence-corrected chi connectivity index (χ4v) is 5.42. The van der Waals surface area contributed by atoms with Crippen molar-refractivity contribution >= 4 is 39.1 Å². The number of hydrogen-bond acceptors (Lipinski definition) is 3. The molecule has 162 valence electrons. The van der Waals surface area contributed by atoms with Crippen LogP contribution in [0, 0.1) is 13.8 Å². The molecule has 0 aliphatic carbocycles. The van der Waals surface area contributed by atoms with Crippen molar-refractivity contribution in [2.45, 2.75) is 39.4 Å². The van der Waals surface area contributed by atoms with Crippen LogP contribution >= 0.6 is 11.3 Å². The summed E-state index contributed by atoms with van der Waals surface area (Å²) >= 11 is 1.60. The van der Waals surface area contributed by atoms with E-state index in [1.807, 2.05) is 91.4 Å². The number of anilines is 1. The summed E-state index contributed by atoms with van der Waals surface area (Å²) in [5.41, 5.74) is 3.44. The Morgan fingerprint density at radius 2 is 1.88 bits per heavy atom. The molecule has 32 heavy (non-hydrogen) atoms. The molecule has 0 spiro atoms. The average Bonchev–Trinajstić information content (AvgIpc) is 3.38. The molecular weight excluding hydrogens is 418 g/mol. The topological polar surface area (TPSA) is 54.3 Å². The molecule has 1 atom stereocenters. The minimum absolute atomic E-state index is 0.147. The van der Waals surface area contributed by atoms with E-state index in [0.717, 1.165) is 32.6 Å². The highest BCUT2D eigenvalue weighted by atomic mass is 32.1. The molecule has 1 aliphatic heterocycles. The molecule has 2 aromatic carbocycles. The lowest BCUT2D eigenvalue weighted by molar-refractivity contribution is -0.126. The number of thiophene rings is 1. The number of benzene rings is 2. The molecule has 1 N–H and O–H groups in total. The second-order valence-electron chi connectivity index (χ2n) is 8.60. The Morgan fingerprint density at radius 1 is 1.09 bits per heavy atom. The lowest BCUT2D eigenvalue weighted by atomic mass is 9.92. The van der Waals surface area contributed by atoms with Gasteiger partial charge in [-0.2, -0.15) is 0 Å². The van der Waals surface area contributed by atoms with Gasteiger partial charge in [-0.3, -0.25) is 14.5 Å². The van der Waals surface area contributed by atoms with Crippen LogP contribution in [0.2, 0.25) is 0 Å². The largest absolute Gasteiger partial charge is 0.350 e. The van der Waals surface area contributed by atoms with E-state index in [-0.39, 0.29) is 11.8 Å². The van der Waals surface area contributed by atoms with Gasteiger partial charge in [0.1, 0.15) is 16.1 Å². The molecular formula is C26H25N3O2S. The SMILES string of the molecule is Cc1cccc(N2C(=O)c3cc4ccsc4n3CC2(C)C(=O)NCc2ccccc2)c1C. The van der Waals surface area contributed by atoms with Crippen molar-refractivity contribution in [3.8, 4) is 0 Å². The van der Waals surface area contributed by atoms with E-state index >= 15 is 0 Å². The highest BCUT2D eigenvalue weighted by Crippen LogP contribution is 2.39. The third-order valence-corrected chi connectivity index (χ3v) is 7.44. The van der Waals surface area contributed by atoms with E-state index in [9.17, 15) is 9.59 Å². The van der Waals surface area contributed by atoms with Crippen molar-refractivity contribution in [3.63, 3.8) is 0 Å². The predicted octanol–water partition coefficient (Wildman–Crippen LogP) is 5.06. The van der Waals surface area contributed by atoms with Gasteiger partial charge < -0.3 is 9.88 Å². The number of hydrogen-bond donors (Lipinski definition) is 1. The zero-order valence-electron chi connectivity index (χ0n) is 18.4. The molecule has 2 aromatic heterocycles. The molecule has 6 heteroatoms. The van der Waals surface area contributed by atoms with Crippen LogP contribution in [0.3, 0.4) is 0 Å². The van der Waals surface area contributed by atoms with Crippen LogP contribution in [0.15, 0.2) is 66.0 Å². The third kappa shape index (κ3) is 3.14. The summed E-state index contributed by atoms with van der Waals surface area (Å²) in [5.74, 6) is -0.314.